The van der Waals surface area contributed by atoms with E-state index in [-0.39, 0.29) is 24.3 Å². The molecule has 1 saturated heterocycles. The molecule has 3 rings (SSSR count). The summed E-state index contributed by atoms with van der Waals surface area (Å²) in [7, 11) is 3.07. The lowest BCUT2D eigenvalue weighted by Crippen LogP contribution is -2.37. The molecule has 1 unspecified atom stereocenters. The minimum absolute atomic E-state index is 0.00627. The quantitative estimate of drug-likeness (QED) is 0.881. The summed E-state index contributed by atoms with van der Waals surface area (Å²) in [5, 5.41) is 2.94. The maximum atomic E-state index is 12.6. The van der Waals surface area contributed by atoms with Crippen LogP contribution in [0.1, 0.15) is 27.9 Å². The molecule has 1 aliphatic rings. The average molecular weight is 368 g/mol. The second-order valence-electron chi connectivity index (χ2n) is 6.75. The van der Waals surface area contributed by atoms with Crippen molar-refractivity contribution in [3.8, 4) is 11.5 Å². The summed E-state index contributed by atoms with van der Waals surface area (Å²) < 4.78 is 10.4. The van der Waals surface area contributed by atoms with E-state index in [1.807, 2.05) is 32.0 Å². The van der Waals surface area contributed by atoms with E-state index in [2.05, 4.69) is 5.32 Å². The van der Waals surface area contributed by atoms with E-state index in [1.54, 1.807) is 23.1 Å². The SMILES string of the molecule is COc1cc(OC)cc(C(=O)NC2CC(=O)N(c3ccc(C)c(C)c3)C2)c1. The molecule has 1 heterocycles. The smallest absolute Gasteiger partial charge is 0.251 e. The number of anilines is 1. The molecule has 0 spiro atoms. The molecule has 0 aromatic heterocycles. The Morgan fingerprint density at radius 1 is 1.04 bits per heavy atom. The van der Waals surface area contributed by atoms with E-state index >= 15 is 0 Å². The lowest BCUT2D eigenvalue weighted by Gasteiger charge is -2.18. The largest absolute Gasteiger partial charge is 0.497 e. The van der Waals surface area contributed by atoms with Gasteiger partial charge in [0.15, 0.2) is 0 Å². The van der Waals surface area contributed by atoms with Gasteiger partial charge in [-0.25, -0.2) is 0 Å². The van der Waals surface area contributed by atoms with Gasteiger partial charge in [0.2, 0.25) is 5.91 Å². The first kappa shape index (κ1) is 18.8. The van der Waals surface area contributed by atoms with Crippen molar-refractivity contribution >= 4 is 17.5 Å². The summed E-state index contributed by atoms with van der Waals surface area (Å²) in [6, 6.07) is 10.7. The standard InChI is InChI=1S/C21H24N2O4/c1-13-5-6-17(7-14(13)2)23-12-16(10-20(23)24)22-21(25)15-8-18(26-3)11-19(9-15)27-4/h5-9,11,16H,10,12H2,1-4H3,(H,22,25). The predicted octanol–water partition coefficient (Wildman–Crippen LogP) is 2.86. The van der Waals surface area contributed by atoms with E-state index in [1.165, 1.54) is 19.8 Å². The molecule has 6 nitrogen and oxygen atoms in total. The number of carbonyl (C=O) groups excluding carboxylic acids is 2. The molecule has 0 saturated carbocycles. The number of rotatable bonds is 5. The summed E-state index contributed by atoms with van der Waals surface area (Å²) in [5.74, 6) is 0.830. The molecule has 2 aromatic rings. The van der Waals surface area contributed by atoms with Gasteiger partial charge in [0.25, 0.3) is 5.91 Å². The zero-order valence-corrected chi connectivity index (χ0v) is 16.0. The molecule has 1 aliphatic heterocycles. The monoisotopic (exact) mass is 368 g/mol. The molecule has 1 fully saturated rings. The van der Waals surface area contributed by atoms with Gasteiger partial charge in [-0.2, -0.15) is 0 Å². The molecule has 27 heavy (non-hydrogen) atoms. The van der Waals surface area contributed by atoms with Crippen LogP contribution in [-0.4, -0.2) is 38.6 Å². The number of aryl methyl sites for hydroxylation is 2. The highest BCUT2D eigenvalue weighted by Gasteiger charge is 2.32. The fourth-order valence-corrected chi connectivity index (χ4v) is 3.15. The van der Waals surface area contributed by atoms with Crippen molar-refractivity contribution in [2.24, 2.45) is 0 Å². The first-order valence-electron chi connectivity index (χ1n) is 8.83. The van der Waals surface area contributed by atoms with Gasteiger partial charge in [0.1, 0.15) is 11.5 Å². The summed E-state index contributed by atoms with van der Waals surface area (Å²) >= 11 is 0. The molecule has 2 amide bonds. The number of methoxy groups -OCH3 is 2. The van der Waals surface area contributed by atoms with Crippen molar-refractivity contribution in [3.63, 3.8) is 0 Å². The molecule has 0 bridgehead atoms. The highest BCUT2D eigenvalue weighted by Crippen LogP contribution is 2.25. The molecule has 2 aromatic carbocycles. The summed E-state index contributed by atoms with van der Waals surface area (Å²) in [6.45, 7) is 4.51. The van der Waals surface area contributed by atoms with E-state index < -0.39 is 0 Å². The van der Waals surface area contributed by atoms with Crippen LogP contribution in [0.5, 0.6) is 11.5 Å². The lowest BCUT2D eigenvalue weighted by atomic mass is 10.1. The number of amides is 2. The summed E-state index contributed by atoms with van der Waals surface area (Å²) in [4.78, 5) is 26.8. The molecule has 142 valence electrons. The van der Waals surface area contributed by atoms with Crippen molar-refractivity contribution in [2.45, 2.75) is 26.3 Å². The zero-order chi connectivity index (χ0) is 19.6. The van der Waals surface area contributed by atoms with Crippen molar-refractivity contribution < 1.29 is 19.1 Å². The van der Waals surface area contributed by atoms with E-state index in [4.69, 9.17) is 9.47 Å². The van der Waals surface area contributed by atoms with Crippen molar-refractivity contribution in [3.05, 3.63) is 53.1 Å². The number of hydrogen-bond donors (Lipinski definition) is 1. The molecular weight excluding hydrogens is 344 g/mol. The second-order valence-corrected chi connectivity index (χ2v) is 6.75. The number of ether oxygens (including phenoxy) is 2. The number of nitrogens with one attached hydrogen (secondary N) is 1. The summed E-state index contributed by atoms with van der Waals surface area (Å²) in [5.41, 5.74) is 3.62. The first-order valence-corrected chi connectivity index (χ1v) is 8.83. The highest BCUT2D eigenvalue weighted by atomic mass is 16.5. The topological polar surface area (TPSA) is 67.9 Å². The van der Waals surface area contributed by atoms with Crippen LogP contribution in [0.3, 0.4) is 0 Å². The Morgan fingerprint density at radius 2 is 1.70 bits per heavy atom. The van der Waals surface area contributed by atoms with Crippen LogP contribution in [0.25, 0.3) is 0 Å². The zero-order valence-electron chi connectivity index (χ0n) is 16.0. The van der Waals surface area contributed by atoms with Gasteiger partial charge in [0.05, 0.1) is 20.3 Å². The maximum absolute atomic E-state index is 12.6. The third-order valence-electron chi connectivity index (χ3n) is 4.88. The number of hydrogen-bond acceptors (Lipinski definition) is 4. The van der Waals surface area contributed by atoms with Gasteiger partial charge in [-0.05, 0) is 49.2 Å². The third kappa shape index (κ3) is 4.05. The fourth-order valence-electron chi connectivity index (χ4n) is 3.15. The Labute approximate surface area is 159 Å². The Kier molecular flexibility index (Phi) is 5.35. The molecule has 1 N–H and O–H groups in total. The molecule has 6 heteroatoms. The van der Waals surface area contributed by atoms with Crippen LogP contribution < -0.4 is 19.7 Å². The maximum Gasteiger partial charge on any atom is 0.251 e. The van der Waals surface area contributed by atoms with Crippen molar-refractivity contribution in [1.82, 2.24) is 5.32 Å². The number of carbonyl (C=O) groups is 2. The Hall–Kier alpha value is -3.02. The van der Waals surface area contributed by atoms with Crippen LogP contribution in [0.2, 0.25) is 0 Å². The molecule has 0 radical (unpaired) electrons. The lowest BCUT2D eigenvalue weighted by molar-refractivity contribution is -0.117. The van der Waals surface area contributed by atoms with E-state index in [0.29, 0.717) is 23.6 Å². The van der Waals surface area contributed by atoms with Crippen LogP contribution in [0, 0.1) is 13.8 Å². The average Bonchev–Trinajstić information content (AvgIpc) is 3.03. The highest BCUT2D eigenvalue weighted by molar-refractivity contribution is 5.99. The predicted molar refractivity (Wildman–Crippen MR) is 104 cm³/mol. The Morgan fingerprint density at radius 3 is 2.30 bits per heavy atom. The van der Waals surface area contributed by atoms with Crippen LogP contribution in [0.4, 0.5) is 5.69 Å². The fraction of sp³-hybridized carbons (Fsp3) is 0.333. The second kappa shape index (κ2) is 7.70. The third-order valence-corrected chi connectivity index (χ3v) is 4.88. The molecule has 1 atom stereocenters. The van der Waals surface area contributed by atoms with Gasteiger partial charge in [-0.15, -0.1) is 0 Å². The van der Waals surface area contributed by atoms with Gasteiger partial charge in [0, 0.05) is 30.3 Å². The van der Waals surface area contributed by atoms with Gasteiger partial charge in [-0.1, -0.05) is 6.07 Å². The Balaban J connectivity index is 1.72. The van der Waals surface area contributed by atoms with Crippen LogP contribution >= 0.6 is 0 Å². The number of benzene rings is 2. The minimum Gasteiger partial charge on any atom is -0.497 e. The van der Waals surface area contributed by atoms with Crippen LogP contribution in [0.15, 0.2) is 36.4 Å². The van der Waals surface area contributed by atoms with Crippen molar-refractivity contribution in [2.75, 3.05) is 25.7 Å². The molecular formula is C21H24N2O4. The van der Waals surface area contributed by atoms with Gasteiger partial charge in [-0.3, -0.25) is 9.59 Å². The Bertz CT molecular complexity index is 856. The normalized spacial score (nSPS) is 16.4. The van der Waals surface area contributed by atoms with Gasteiger partial charge >= 0.3 is 0 Å². The minimum atomic E-state index is -0.257. The summed E-state index contributed by atoms with van der Waals surface area (Å²) in [6.07, 6.45) is 0.278. The van der Waals surface area contributed by atoms with Crippen molar-refractivity contribution in [1.29, 1.82) is 0 Å². The molecule has 0 aliphatic carbocycles. The van der Waals surface area contributed by atoms with Crippen LogP contribution in [-0.2, 0) is 4.79 Å². The van der Waals surface area contributed by atoms with Gasteiger partial charge < -0.3 is 19.7 Å². The number of nitrogens with zero attached hydrogens (tertiary/aromatic N) is 1. The van der Waals surface area contributed by atoms with E-state index in [0.717, 1.165) is 11.3 Å². The van der Waals surface area contributed by atoms with E-state index in [9.17, 15) is 9.59 Å². The first-order chi connectivity index (χ1) is 12.9.